The molecule has 1 unspecified atom stereocenters. The number of halogens is 1. The highest BCUT2D eigenvalue weighted by Crippen LogP contribution is 2.31. The van der Waals surface area contributed by atoms with Crippen molar-refractivity contribution in [2.75, 3.05) is 108 Å². The van der Waals surface area contributed by atoms with Crippen LogP contribution in [-0.2, 0) is 37.7 Å². The van der Waals surface area contributed by atoms with Crippen molar-refractivity contribution in [3.8, 4) is 0 Å². The number of aryl methyl sites for hydroxylation is 2. The quantitative estimate of drug-likeness (QED) is 0.114. The normalized spacial score (nSPS) is 18.4. The van der Waals surface area contributed by atoms with Gasteiger partial charge in [0.15, 0.2) is 17.0 Å². The van der Waals surface area contributed by atoms with Crippen molar-refractivity contribution in [2.45, 2.75) is 78.1 Å². The number of carboxylic acid groups (broad SMARTS) is 3. The number of aromatic nitrogens is 6. The van der Waals surface area contributed by atoms with Crippen molar-refractivity contribution in [3.05, 3.63) is 18.2 Å². The maximum absolute atomic E-state index is 14.2. The van der Waals surface area contributed by atoms with E-state index in [1.807, 2.05) is 32.2 Å². The molecule has 3 aromatic rings. The number of aliphatic carboxylic acids is 3. The molecule has 60 heavy (non-hydrogen) atoms. The van der Waals surface area contributed by atoms with E-state index in [0.717, 1.165) is 30.6 Å². The van der Waals surface area contributed by atoms with E-state index in [0.29, 0.717) is 108 Å². The zero-order chi connectivity index (χ0) is 43.4. The molecule has 0 aromatic carbocycles. The second-order valence-electron chi connectivity index (χ2n) is 16.6. The number of carbonyl (C=O) groups is 4. The molecule has 5 rings (SSSR count). The highest BCUT2D eigenvalue weighted by Gasteiger charge is 2.28. The number of hydrogen-bond donors (Lipinski definition) is 5. The molecule has 2 saturated heterocycles. The SMILES string of the molecule is CCc1nn(CCCCCNC(=O)CN2CCN(CC(=O)O)CCN(CC(=O)O)CCN(CC(=O)O)CC2)cc1Nc1nc(N2CCC(F)C2)nc2c1ncn2C(C)(C)C. The third kappa shape index (κ3) is 13.8. The number of hydrogen-bond acceptors (Lipinski definition) is 14. The van der Waals surface area contributed by atoms with E-state index in [4.69, 9.17) is 15.1 Å². The van der Waals surface area contributed by atoms with Crippen LogP contribution in [-0.4, -0.2) is 192 Å². The monoisotopic (exact) mass is 843 g/mol. The molecule has 5 N–H and O–H groups in total. The Morgan fingerprint density at radius 1 is 0.800 bits per heavy atom. The molecule has 2 aliphatic heterocycles. The van der Waals surface area contributed by atoms with Crippen LogP contribution in [0.2, 0.25) is 0 Å². The number of nitrogens with one attached hydrogen (secondary N) is 2. The predicted octanol–water partition coefficient (Wildman–Crippen LogP) is 1.39. The van der Waals surface area contributed by atoms with E-state index in [-0.39, 0.29) is 44.2 Å². The van der Waals surface area contributed by atoms with Gasteiger partial charge in [-0.2, -0.15) is 15.1 Å². The minimum atomic E-state index is -1.02. The molecule has 0 radical (unpaired) electrons. The summed E-state index contributed by atoms with van der Waals surface area (Å²) >= 11 is 0. The summed E-state index contributed by atoms with van der Waals surface area (Å²) in [7, 11) is 0. The zero-order valence-corrected chi connectivity index (χ0v) is 35.4. The molecule has 2 aliphatic rings. The number of carboxylic acids is 3. The summed E-state index contributed by atoms with van der Waals surface area (Å²) in [6.45, 7) is 12.3. The molecule has 21 heteroatoms. The van der Waals surface area contributed by atoms with Crippen molar-refractivity contribution in [3.63, 3.8) is 0 Å². The Labute approximate surface area is 349 Å². The Morgan fingerprint density at radius 3 is 1.87 bits per heavy atom. The topological polar surface area (TPSA) is 231 Å². The summed E-state index contributed by atoms with van der Waals surface area (Å²) < 4.78 is 18.1. The number of imidazole rings is 1. The van der Waals surface area contributed by atoms with E-state index < -0.39 is 24.1 Å². The van der Waals surface area contributed by atoms with Gasteiger partial charge in [0.2, 0.25) is 11.9 Å². The van der Waals surface area contributed by atoms with E-state index in [1.165, 1.54) is 0 Å². The Bertz CT molecular complexity index is 1890. The molecule has 2 fully saturated rings. The molecule has 20 nitrogen and oxygen atoms in total. The molecular weight excluding hydrogens is 782 g/mol. The van der Waals surface area contributed by atoms with Gasteiger partial charge < -0.3 is 35.4 Å². The van der Waals surface area contributed by atoms with Gasteiger partial charge in [-0.3, -0.25) is 43.5 Å². The second kappa shape index (κ2) is 21.5. The lowest BCUT2D eigenvalue weighted by molar-refractivity contribution is -0.140. The first-order chi connectivity index (χ1) is 28.6. The van der Waals surface area contributed by atoms with Gasteiger partial charge in [-0.25, -0.2) is 9.37 Å². The van der Waals surface area contributed by atoms with Crippen molar-refractivity contribution < 1.29 is 38.9 Å². The summed E-state index contributed by atoms with van der Waals surface area (Å²) in [4.78, 5) is 70.9. The molecular formula is C39H62FN13O7. The van der Waals surface area contributed by atoms with E-state index in [9.17, 15) is 38.9 Å². The Kier molecular flexibility index (Phi) is 16.5. The number of anilines is 3. The first-order valence-corrected chi connectivity index (χ1v) is 20.9. The van der Waals surface area contributed by atoms with Crippen LogP contribution >= 0.6 is 0 Å². The molecule has 332 valence electrons. The van der Waals surface area contributed by atoms with Crippen LogP contribution in [0.1, 0.15) is 59.1 Å². The minimum absolute atomic E-state index is 0.0702. The molecule has 0 bridgehead atoms. The van der Waals surface area contributed by atoms with Gasteiger partial charge in [-0.1, -0.05) is 6.92 Å². The Hall–Kier alpha value is -4.99. The van der Waals surface area contributed by atoms with Gasteiger partial charge in [0.1, 0.15) is 6.17 Å². The first-order valence-electron chi connectivity index (χ1n) is 20.9. The summed E-state index contributed by atoms with van der Waals surface area (Å²) in [5.41, 5.74) is 2.69. The van der Waals surface area contributed by atoms with Crippen LogP contribution in [0.4, 0.5) is 21.8 Å². The van der Waals surface area contributed by atoms with Crippen LogP contribution in [0.5, 0.6) is 0 Å². The fourth-order valence-electron chi connectivity index (χ4n) is 7.42. The largest absolute Gasteiger partial charge is 0.480 e. The molecule has 0 spiro atoms. The molecule has 0 saturated carbocycles. The smallest absolute Gasteiger partial charge is 0.317 e. The summed E-state index contributed by atoms with van der Waals surface area (Å²) in [5, 5.41) is 39.6. The number of nitrogens with zero attached hydrogens (tertiary/aromatic N) is 11. The summed E-state index contributed by atoms with van der Waals surface area (Å²) in [5.74, 6) is -2.19. The van der Waals surface area contributed by atoms with Crippen molar-refractivity contribution >= 4 is 52.4 Å². The highest BCUT2D eigenvalue weighted by atomic mass is 19.1. The van der Waals surface area contributed by atoms with Crippen molar-refractivity contribution in [1.82, 2.24) is 54.2 Å². The first kappa shape index (κ1) is 46.1. The van der Waals surface area contributed by atoms with E-state index in [1.54, 1.807) is 21.0 Å². The molecule has 0 aliphatic carbocycles. The lowest BCUT2D eigenvalue weighted by Gasteiger charge is -2.32. The molecule has 3 aromatic heterocycles. The van der Waals surface area contributed by atoms with Gasteiger partial charge >= 0.3 is 17.9 Å². The third-order valence-electron chi connectivity index (χ3n) is 10.7. The Morgan fingerprint density at radius 2 is 1.37 bits per heavy atom. The fraction of sp³-hybridized carbons (Fsp3) is 0.692. The third-order valence-corrected chi connectivity index (χ3v) is 10.7. The van der Waals surface area contributed by atoms with Gasteiger partial charge in [0, 0.05) is 83.7 Å². The lowest BCUT2D eigenvalue weighted by Crippen LogP contribution is -2.49. The van der Waals surface area contributed by atoms with Gasteiger partial charge in [-0.15, -0.1) is 0 Å². The van der Waals surface area contributed by atoms with E-state index >= 15 is 0 Å². The van der Waals surface area contributed by atoms with Gasteiger partial charge in [0.05, 0.1) is 50.4 Å². The molecule has 1 amide bonds. The zero-order valence-electron chi connectivity index (χ0n) is 35.4. The number of alkyl halides is 1. The average Bonchev–Trinajstić information content (AvgIpc) is 3.91. The van der Waals surface area contributed by atoms with E-state index in [2.05, 4.69) is 36.4 Å². The number of amides is 1. The highest BCUT2D eigenvalue weighted by molar-refractivity contribution is 5.87. The number of fused-ring (bicyclic) bond motifs is 1. The average molecular weight is 844 g/mol. The lowest BCUT2D eigenvalue weighted by atomic mass is 10.1. The van der Waals surface area contributed by atoms with Crippen LogP contribution < -0.4 is 15.5 Å². The predicted molar refractivity (Wildman–Crippen MR) is 222 cm³/mol. The standard InChI is InChI=1S/C39H62FN13O7/c1-5-29-30(43-36-35-37(53(27-42-35)39(2,3)4)45-38(44-36)51-12-9-28(40)21-51)22-52(46-29)11-8-6-7-10-41-31(54)23-47-13-15-48(24-32(55)56)17-19-50(26-34(59)60)20-18-49(16-14-47)25-33(57)58/h22,27-28H,5-21,23-26H2,1-4H3,(H,41,54)(H,55,56)(H,57,58)(H,59,60)(H,43,44,45). The Balaban J connectivity index is 1.13. The van der Waals surface area contributed by atoms with Crippen LogP contribution in [0.25, 0.3) is 11.2 Å². The van der Waals surface area contributed by atoms with Gasteiger partial charge in [0.25, 0.3) is 0 Å². The molecule has 1 atom stereocenters. The fourth-order valence-corrected chi connectivity index (χ4v) is 7.42. The maximum atomic E-state index is 14.2. The molecule has 5 heterocycles. The second-order valence-corrected chi connectivity index (χ2v) is 16.6. The van der Waals surface area contributed by atoms with Crippen LogP contribution in [0, 0.1) is 0 Å². The van der Waals surface area contributed by atoms with Gasteiger partial charge in [-0.05, 0) is 52.9 Å². The van der Waals surface area contributed by atoms with Crippen molar-refractivity contribution in [2.24, 2.45) is 0 Å². The van der Waals surface area contributed by atoms with Crippen LogP contribution in [0.3, 0.4) is 0 Å². The minimum Gasteiger partial charge on any atom is -0.480 e. The van der Waals surface area contributed by atoms with Crippen molar-refractivity contribution in [1.29, 1.82) is 0 Å². The van der Waals surface area contributed by atoms with Crippen LogP contribution in [0.15, 0.2) is 12.5 Å². The maximum Gasteiger partial charge on any atom is 0.317 e. The number of rotatable bonds is 18. The number of carbonyl (C=O) groups excluding carboxylic acids is 1. The number of unbranched alkanes of at least 4 members (excludes halogenated alkanes) is 2. The summed E-state index contributed by atoms with van der Waals surface area (Å²) in [6.07, 6.45) is 6.34. The summed E-state index contributed by atoms with van der Waals surface area (Å²) in [6, 6.07) is 0.